The van der Waals surface area contributed by atoms with Crippen molar-refractivity contribution in [1.82, 2.24) is 0 Å². The van der Waals surface area contributed by atoms with Gasteiger partial charge in [-0.05, 0) is 45.4 Å². The van der Waals surface area contributed by atoms with E-state index in [9.17, 15) is 4.79 Å². The lowest BCUT2D eigenvalue weighted by Crippen LogP contribution is -2.41. The van der Waals surface area contributed by atoms with Crippen LogP contribution < -0.4 is 10.2 Å². The van der Waals surface area contributed by atoms with Crippen molar-refractivity contribution in [3.8, 4) is 5.75 Å². The number of carbonyl (C=O) groups is 1. The fraction of sp³-hybridized carbons (Fsp3) is 0.435. The molecule has 0 amide bonds. The fourth-order valence-corrected chi connectivity index (χ4v) is 3.37. The van der Waals surface area contributed by atoms with Crippen LogP contribution in [0.15, 0.2) is 42.5 Å². The first-order valence-corrected chi connectivity index (χ1v) is 10.5. The molecule has 3 rings (SSSR count). The summed E-state index contributed by atoms with van der Waals surface area (Å²) in [4.78, 5) is 11.7. The van der Waals surface area contributed by atoms with E-state index in [4.69, 9.17) is 30.4 Å². The normalized spacial score (nSPS) is 17.2. The van der Waals surface area contributed by atoms with Crippen LogP contribution in [0.4, 0.5) is 0 Å². The summed E-state index contributed by atoms with van der Waals surface area (Å²) in [6.07, 6.45) is 1.45. The van der Waals surface area contributed by atoms with Gasteiger partial charge in [0.15, 0.2) is 0 Å². The zero-order chi connectivity index (χ0) is 21.8. The minimum atomic E-state index is -0.711. The largest absolute Gasteiger partial charge is 0.499 e. The molecule has 0 atom stereocenters. The Morgan fingerprint density at radius 2 is 1.70 bits per heavy atom. The molecule has 5 nitrogen and oxygen atoms in total. The van der Waals surface area contributed by atoms with Crippen molar-refractivity contribution >= 4 is 30.5 Å². The molecule has 1 saturated heterocycles. The summed E-state index contributed by atoms with van der Waals surface area (Å²) in [5, 5.41) is 0.424. The summed E-state index contributed by atoms with van der Waals surface area (Å²) in [5.74, 6) is 0.492. The third-order valence-corrected chi connectivity index (χ3v) is 5.78. The maximum Gasteiger partial charge on any atom is 0.499 e. The van der Waals surface area contributed by atoms with Gasteiger partial charge in [-0.1, -0.05) is 41.9 Å². The lowest BCUT2D eigenvalue weighted by molar-refractivity contribution is 0.00578. The van der Waals surface area contributed by atoms with E-state index >= 15 is 0 Å². The van der Waals surface area contributed by atoms with Gasteiger partial charge in [0.1, 0.15) is 12.0 Å². The van der Waals surface area contributed by atoms with Crippen LogP contribution in [0.25, 0.3) is 0 Å². The maximum absolute atomic E-state index is 11.7. The topological polar surface area (TPSA) is 54.0 Å². The third-order valence-electron chi connectivity index (χ3n) is 5.56. The second kappa shape index (κ2) is 9.52. The summed E-state index contributed by atoms with van der Waals surface area (Å²) in [6, 6.07) is 13.3. The summed E-state index contributed by atoms with van der Waals surface area (Å²) in [5.41, 5.74) is 1.04. The Labute approximate surface area is 183 Å². The van der Waals surface area contributed by atoms with Gasteiger partial charge >= 0.3 is 7.12 Å². The van der Waals surface area contributed by atoms with E-state index in [0.29, 0.717) is 48.0 Å². The van der Waals surface area contributed by atoms with Crippen molar-refractivity contribution in [3.63, 3.8) is 0 Å². The van der Waals surface area contributed by atoms with E-state index in [-0.39, 0.29) is 0 Å². The van der Waals surface area contributed by atoms with E-state index < -0.39 is 18.3 Å². The van der Waals surface area contributed by atoms with Gasteiger partial charge in [0, 0.05) is 22.5 Å². The lowest BCUT2D eigenvalue weighted by atomic mass is 9.75. The Hall–Kier alpha value is -1.86. The Bertz CT molecular complexity index is 853. The van der Waals surface area contributed by atoms with E-state index in [1.165, 1.54) is 0 Å². The molecule has 1 fully saturated rings. The van der Waals surface area contributed by atoms with Gasteiger partial charge in [-0.2, -0.15) is 0 Å². The molecule has 1 aliphatic rings. The minimum Gasteiger partial charge on any atom is -0.494 e. The third kappa shape index (κ3) is 5.24. The lowest BCUT2D eigenvalue weighted by Gasteiger charge is -2.32. The molecule has 0 aromatic heterocycles. The highest BCUT2D eigenvalue weighted by Gasteiger charge is 2.53. The molecule has 0 spiro atoms. The van der Waals surface area contributed by atoms with E-state index in [0.717, 1.165) is 11.8 Å². The summed E-state index contributed by atoms with van der Waals surface area (Å²) in [7, 11) is -0.711. The molecular formula is C23H28BClO5. The number of hydrogen-bond donors (Lipinski definition) is 0. The monoisotopic (exact) mass is 430 g/mol. The maximum atomic E-state index is 11.7. The molecule has 2 aromatic rings. The smallest absolute Gasteiger partial charge is 0.494 e. The Morgan fingerprint density at radius 3 is 2.33 bits per heavy atom. The first kappa shape index (κ1) is 22.8. The molecule has 1 heterocycles. The molecule has 2 aromatic carbocycles. The predicted molar refractivity (Wildman–Crippen MR) is 119 cm³/mol. The van der Waals surface area contributed by atoms with Crippen LogP contribution in [0.2, 0.25) is 5.02 Å². The minimum absolute atomic E-state index is 0.399. The van der Waals surface area contributed by atoms with E-state index in [1.807, 2.05) is 58.0 Å². The second-order valence-electron chi connectivity index (χ2n) is 8.35. The van der Waals surface area contributed by atoms with Crippen molar-refractivity contribution in [2.24, 2.45) is 0 Å². The second-order valence-corrected chi connectivity index (χ2v) is 8.79. The average molecular weight is 431 g/mol. The molecule has 0 N–H and O–H groups in total. The first-order chi connectivity index (χ1) is 14.2. The van der Waals surface area contributed by atoms with Gasteiger partial charge in [-0.3, -0.25) is 4.79 Å². The molecule has 0 unspecified atom stereocenters. The highest BCUT2D eigenvalue weighted by Crippen LogP contribution is 2.37. The van der Waals surface area contributed by atoms with Crippen molar-refractivity contribution in [3.05, 3.63) is 58.6 Å². The average Bonchev–Trinajstić information content (AvgIpc) is 2.91. The summed E-state index contributed by atoms with van der Waals surface area (Å²) in [6.45, 7) is 9.40. The zero-order valence-corrected chi connectivity index (χ0v) is 18.7. The van der Waals surface area contributed by atoms with Gasteiger partial charge < -0.3 is 18.8 Å². The number of carbonyl (C=O) groups excluding carboxylic acids is 1. The van der Waals surface area contributed by atoms with Crippen molar-refractivity contribution in [2.75, 3.05) is 13.2 Å². The molecule has 160 valence electrons. The fourth-order valence-electron chi connectivity index (χ4n) is 3.15. The predicted octanol–water partition coefficient (Wildman–Crippen LogP) is 4.44. The van der Waals surface area contributed by atoms with Gasteiger partial charge in [0.2, 0.25) is 0 Å². The van der Waals surface area contributed by atoms with Gasteiger partial charge in [0.05, 0.1) is 31.0 Å². The van der Waals surface area contributed by atoms with Crippen LogP contribution in [-0.4, -0.2) is 37.8 Å². The number of aldehydes is 1. The van der Waals surface area contributed by atoms with Gasteiger partial charge in [0.25, 0.3) is 0 Å². The number of ether oxygens (including phenoxy) is 2. The Morgan fingerprint density at radius 1 is 1.03 bits per heavy atom. The van der Waals surface area contributed by atoms with Crippen molar-refractivity contribution in [2.45, 2.75) is 51.9 Å². The van der Waals surface area contributed by atoms with Crippen molar-refractivity contribution < 1.29 is 23.6 Å². The van der Waals surface area contributed by atoms with Crippen LogP contribution >= 0.6 is 11.6 Å². The van der Waals surface area contributed by atoms with Crippen LogP contribution in [0.3, 0.4) is 0 Å². The Kier molecular flexibility index (Phi) is 7.24. The van der Waals surface area contributed by atoms with Gasteiger partial charge in [-0.15, -0.1) is 0 Å². The number of rotatable bonds is 9. The SMILES string of the molecule is CC1(C)OB(c2c(C=O)cc(Cl)cc2OCCCOCc2ccccc2)OC1(C)C. The van der Waals surface area contributed by atoms with E-state index in [1.54, 1.807) is 12.1 Å². The first-order valence-electron chi connectivity index (χ1n) is 10.1. The summed E-state index contributed by atoms with van der Waals surface area (Å²) >= 11 is 6.20. The molecule has 7 heteroatoms. The molecule has 30 heavy (non-hydrogen) atoms. The van der Waals surface area contributed by atoms with Crippen LogP contribution in [-0.2, 0) is 20.7 Å². The highest BCUT2D eigenvalue weighted by atomic mass is 35.5. The van der Waals surface area contributed by atoms with E-state index in [2.05, 4.69) is 0 Å². The van der Waals surface area contributed by atoms with Crippen LogP contribution in [0.5, 0.6) is 5.75 Å². The molecular weight excluding hydrogens is 403 g/mol. The number of halogens is 1. The number of benzene rings is 2. The molecule has 0 saturated carbocycles. The van der Waals surface area contributed by atoms with Crippen molar-refractivity contribution in [1.29, 1.82) is 0 Å². The quantitative estimate of drug-likeness (QED) is 0.334. The molecule has 0 aliphatic carbocycles. The standard InChI is InChI=1S/C23H28BClO5/c1-22(2)23(3,4)30-24(29-22)21-18(15-26)13-19(25)14-20(21)28-12-8-11-27-16-17-9-6-5-7-10-17/h5-7,9-10,13-15H,8,11-12,16H2,1-4H3. The van der Waals surface area contributed by atoms with Gasteiger partial charge in [-0.25, -0.2) is 0 Å². The molecule has 0 bridgehead atoms. The zero-order valence-electron chi connectivity index (χ0n) is 17.9. The van der Waals surface area contributed by atoms with Crippen LogP contribution in [0, 0.1) is 0 Å². The summed E-state index contributed by atoms with van der Waals surface area (Å²) < 4.78 is 24.0. The molecule has 1 aliphatic heterocycles. The molecule has 0 radical (unpaired) electrons. The number of hydrogen-bond acceptors (Lipinski definition) is 5. The highest BCUT2D eigenvalue weighted by molar-refractivity contribution is 6.64. The van der Waals surface area contributed by atoms with Crippen LogP contribution in [0.1, 0.15) is 50.0 Å². The Balaban J connectivity index is 1.64.